The van der Waals surface area contributed by atoms with Crippen molar-refractivity contribution in [3.63, 3.8) is 0 Å². The molecule has 0 aromatic heterocycles. The quantitative estimate of drug-likeness (QED) is 0.359. The van der Waals surface area contributed by atoms with Gasteiger partial charge in [0.05, 0.1) is 11.2 Å². The van der Waals surface area contributed by atoms with Crippen LogP contribution in [0.3, 0.4) is 0 Å². The van der Waals surface area contributed by atoms with Gasteiger partial charge >= 0.3 is 0 Å². The first-order valence-corrected chi connectivity index (χ1v) is 9.39. The zero-order chi connectivity index (χ0) is 22.3. The standard InChI is InChI=1S/C21H21NO8/c1-7-9-6-10-13(16(25)12-8(20(10,2)29)4-3-5-11(12)23)17(26)21(9,30)18(27)14(15(7)24)19(22)28/h3-5,7,9-10,23-24,26,29-30H,6H2,1-2H3,(H2,22,28)/t7-,9?,10?,20?,21?/m0/s1. The summed E-state index contributed by atoms with van der Waals surface area (Å²) in [7, 11) is 0. The van der Waals surface area contributed by atoms with Crippen molar-refractivity contribution in [1.82, 2.24) is 0 Å². The van der Waals surface area contributed by atoms with Crippen LogP contribution in [0.1, 0.15) is 36.2 Å². The third-order valence-corrected chi connectivity index (χ3v) is 6.84. The fraction of sp³-hybridized carbons (Fsp3) is 0.381. The molecule has 158 valence electrons. The largest absolute Gasteiger partial charge is 0.511 e. The third-order valence-electron chi connectivity index (χ3n) is 6.84. The predicted molar refractivity (Wildman–Crippen MR) is 101 cm³/mol. The van der Waals surface area contributed by atoms with Crippen molar-refractivity contribution in [2.45, 2.75) is 31.5 Å². The van der Waals surface area contributed by atoms with Crippen LogP contribution in [-0.4, -0.2) is 48.6 Å². The molecular weight excluding hydrogens is 394 g/mol. The van der Waals surface area contributed by atoms with E-state index in [1.807, 2.05) is 0 Å². The molecule has 0 spiro atoms. The normalized spacial score (nSPS) is 35.7. The first-order chi connectivity index (χ1) is 13.9. The molecule has 0 radical (unpaired) electrons. The maximum Gasteiger partial charge on any atom is 0.255 e. The number of rotatable bonds is 1. The Morgan fingerprint density at radius 3 is 2.40 bits per heavy atom. The summed E-state index contributed by atoms with van der Waals surface area (Å²) in [6, 6.07) is 4.18. The Morgan fingerprint density at radius 2 is 1.80 bits per heavy atom. The van der Waals surface area contributed by atoms with Crippen molar-refractivity contribution in [3.05, 3.63) is 52.0 Å². The number of carbonyl (C=O) groups is 3. The Kier molecular flexibility index (Phi) is 3.98. The van der Waals surface area contributed by atoms with Gasteiger partial charge in [-0.05, 0) is 25.0 Å². The summed E-state index contributed by atoms with van der Waals surface area (Å²) in [5.74, 6) is -8.63. The molecule has 0 aliphatic heterocycles. The number of hydrogen-bond acceptors (Lipinski definition) is 8. The molecule has 4 rings (SSSR count). The number of benzene rings is 1. The minimum absolute atomic E-state index is 0.145. The molecule has 5 atom stereocenters. The predicted octanol–water partition coefficient (Wildman–Crippen LogP) is 0.491. The van der Waals surface area contributed by atoms with Crippen LogP contribution in [0.5, 0.6) is 5.75 Å². The van der Waals surface area contributed by atoms with Crippen LogP contribution in [0.15, 0.2) is 40.9 Å². The van der Waals surface area contributed by atoms with E-state index in [1.54, 1.807) is 0 Å². The van der Waals surface area contributed by atoms with Crippen molar-refractivity contribution >= 4 is 17.5 Å². The molecule has 0 saturated carbocycles. The number of primary amides is 1. The Balaban J connectivity index is 2.03. The van der Waals surface area contributed by atoms with Gasteiger partial charge < -0.3 is 31.3 Å². The van der Waals surface area contributed by atoms with E-state index in [0.29, 0.717) is 0 Å². The van der Waals surface area contributed by atoms with Crippen molar-refractivity contribution < 1.29 is 39.9 Å². The summed E-state index contributed by atoms with van der Waals surface area (Å²) in [4.78, 5) is 37.9. The number of ketones is 2. The van der Waals surface area contributed by atoms with Gasteiger partial charge in [-0.1, -0.05) is 19.1 Å². The number of aliphatic hydroxyl groups excluding tert-OH is 2. The van der Waals surface area contributed by atoms with E-state index >= 15 is 0 Å². The number of fused-ring (bicyclic) bond motifs is 3. The molecule has 0 heterocycles. The molecule has 9 nitrogen and oxygen atoms in total. The minimum Gasteiger partial charge on any atom is -0.511 e. The highest BCUT2D eigenvalue weighted by molar-refractivity contribution is 6.24. The Hall–Kier alpha value is -3.17. The maximum absolute atomic E-state index is 13.2. The van der Waals surface area contributed by atoms with E-state index in [9.17, 15) is 39.9 Å². The fourth-order valence-corrected chi connectivity index (χ4v) is 5.19. The number of carbonyl (C=O) groups excluding carboxylic acids is 3. The Morgan fingerprint density at radius 1 is 1.17 bits per heavy atom. The van der Waals surface area contributed by atoms with Crippen LogP contribution < -0.4 is 5.73 Å². The number of aromatic hydroxyl groups is 1. The SMILES string of the molecule is C[C@@H]1C(O)=C(C(N)=O)C(=O)C2(O)C(O)=C3C(=O)c4c(O)cccc4C(C)(O)C3CC12. The second-order valence-electron chi connectivity index (χ2n) is 8.34. The van der Waals surface area contributed by atoms with Gasteiger partial charge in [0.25, 0.3) is 5.91 Å². The molecule has 7 N–H and O–H groups in total. The van der Waals surface area contributed by atoms with Gasteiger partial charge in [0.2, 0.25) is 5.78 Å². The summed E-state index contributed by atoms with van der Waals surface area (Å²) >= 11 is 0. The highest BCUT2D eigenvalue weighted by Gasteiger charge is 2.64. The van der Waals surface area contributed by atoms with E-state index in [1.165, 1.54) is 32.0 Å². The fourth-order valence-electron chi connectivity index (χ4n) is 5.19. The summed E-state index contributed by atoms with van der Waals surface area (Å²) in [6.45, 7) is 2.84. The minimum atomic E-state index is -2.69. The second-order valence-corrected chi connectivity index (χ2v) is 8.34. The lowest BCUT2D eigenvalue weighted by Gasteiger charge is -2.51. The van der Waals surface area contributed by atoms with E-state index in [0.717, 1.165) is 0 Å². The van der Waals surface area contributed by atoms with E-state index in [4.69, 9.17) is 5.73 Å². The molecular formula is C21H21NO8. The number of aliphatic hydroxyl groups is 4. The molecule has 1 aromatic carbocycles. The summed E-state index contributed by atoms with van der Waals surface area (Å²) in [5, 5.41) is 54.1. The molecule has 4 unspecified atom stereocenters. The molecule has 0 fully saturated rings. The summed E-state index contributed by atoms with van der Waals surface area (Å²) in [5.41, 5.74) is -0.586. The molecule has 0 bridgehead atoms. The van der Waals surface area contributed by atoms with Gasteiger partial charge in [-0.15, -0.1) is 0 Å². The zero-order valence-corrected chi connectivity index (χ0v) is 16.2. The molecule has 3 aliphatic carbocycles. The van der Waals surface area contributed by atoms with Gasteiger partial charge in [0.1, 0.15) is 22.8 Å². The van der Waals surface area contributed by atoms with Crippen molar-refractivity contribution in [1.29, 1.82) is 0 Å². The highest BCUT2D eigenvalue weighted by Crippen LogP contribution is 2.57. The van der Waals surface area contributed by atoms with Crippen molar-refractivity contribution in [2.24, 2.45) is 23.5 Å². The van der Waals surface area contributed by atoms with Gasteiger partial charge in [0.15, 0.2) is 11.4 Å². The monoisotopic (exact) mass is 415 g/mol. The average Bonchev–Trinajstić information content (AvgIpc) is 2.66. The van der Waals surface area contributed by atoms with Gasteiger partial charge in [-0.2, -0.15) is 0 Å². The van der Waals surface area contributed by atoms with Gasteiger partial charge in [0, 0.05) is 23.3 Å². The second kappa shape index (κ2) is 5.93. The van der Waals surface area contributed by atoms with Crippen LogP contribution in [0, 0.1) is 17.8 Å². The molecule has 30 heavy (non-hydrogen) atoms. The lowest BCUT2D eigenvalue weighted by Crippen LogP contribution is -2.61. The van der Waals surface area contributed by atoms with Gasteiger partial charge in [-0.25, -0.2) is 0 Å². The number of phenolic OH excluding ortho intramolecular Hbond substituents is 1. The molecule has 1 amide bonds. The van der Waals surface area contributed by atoms with Crippen LogP contribution in [0.4, 0.5) is 0 Å². The lowest BCUT2D eigenvalue weighted by atomic mass is 9.54. The van der Waals surface area contributed by atoms with Crippen molar-refractivity contribution in [2.75, 3.05) is 0 Å². The lowest BCUT2D eigenvalue weighted by molar-refractivity contribution is -0.150. The van der Waals surface area contributed by atoms with Crippen LogP contribution in [0.2, 0.25) is 0 Å². The topological polar surface area (TPSA) is 178 Å². The number of nitrogens with two attached hydrogens (primary N) is 1. The van der Waals surface area contributed by atoms with Crippen LogP contribution in [-0.2, 0) is 15.2 Å². The number of allylic oxidation sites excluding steroid dienone is 1. The molecule has 3 aliphatic rings. The number of hydrogen-bond donors (Lipinski definition) is 6. The smallest absolute Gasteiger partial charge is 0.255 e. The van der Waals surface area contributed by atoms with Crippen molar-refractivity contribution in [3.8, 4) is 5.75 Å². The zero-order valence-electron chi connectivity index (χ0n) is 16.2. The van der Waals surface area contributed by atoms with Crippen LogP contribution >= 0.6 is 0 Å². The first-order valence-electron chi connectivity index (χ1n) is 9.39. The first kappa shape index (κ1) is 20.1. The van der Waals surface area contributed by atoms with E-state index in [2.05, 4.69) is 0 Å². The molecule has 9 heteroatoms. The van der Waals surface area contributed by atoms with E-state index in [-0.39, 0.29) is 17.5 Å². The number of Topliss-reactive ketones (excluding diaryl/α,β-unsaturated/α-hetero) is 2. The highest BCUT2D eigenvalue weighted by atomic mass is 16.3. The van der Waals surface area contributed by atoms with Crippen LogP contribution in [0.25, 0.3) is 0 Å². The van der Waals surface area contributed by atoms with E-state index < -0.39 is 74.8 Å². The summed E-state index contributed by atoms with van der Waals surface area (Å²) in [6.07, 6.45) is -0.160. The molecule has 0 saturated heterocycles. The average molecular weight is 415 g/mol. The number of phenols is 1. The third kappa shape index (κ3) is 2.16. The Labute approximate surface area is 170 Å². The Bertz CT molecular complexity index is 1100. The maximum atomic E-state index is 13.2. The number of amides is 1. The summed E-state index contributed by atoms with van der Waals surface area (Å²) < 4.78 is 0. The van der Waals surface area contributed by atoms with Gasteiger partial charge in [-0.3, -0.25) is 14.4 Å². The molecule has 1 aromatic rings.